The molecule has 2 aromatic carbocycles. The smallest absolute Gasteiger partial charge is 0.261 e. The Morgan fingerprint density at radius 3 is 2.71 bits per heavy atom. The summed E-state index contributed by atoms with van der Waals surface area (Å²) in [6, 6.07) is 13.1. The number of hydrogen-bond donors (Lipinski definition) is 1. The topological polar surface area (TPSA) is 67.2 Å². The summed E-state index contributed by atoms with van der Waals surface area (Å²) in [6.45, 7) is 6.95. The lowest BCUT2D eigenvalue weighted by Crippen LogP contribution is -2.28. The molecule has 7 heteroatoms. The van der Waals surface area contributed by atoms with Crippen LogP contribution in [0.3, 0.4) is 0 Å². The van der Waals surface area contributed by atoms with E-state index in [-0.39, 0.29) is 18.0 Å². The number of halogens is 1. The highest BCUT2D eigenvalue weighted by molar-refractivity contribution is 9.10. The number of hydrogen-bond acceptors (Lipinski definition) is 4. The molecule has 0 atom stereocenters. The molecule has 3 rings (SSSR count). The summed E-state index contributed by atoms with van der Waals surface area (Å²) >= 11 is 3.36. The van der Waals surface area contributed by atoms with E-state index in [2.05, 4.69) is 45.0 Å². The molecular formula is C21H23BrN4O2. The van der Waals surface area contributed by atoms with E-state index in [1.54, 1.807) is 12.1 Å². The second kappa shape index (κ2) is 9.12. The van der Waals surface area contributed by atoms with E-state index in [0.29, 0.717) is 10.9 Å². The molecule has 0 saturated carbocycles. The van der Waals surface area contributed by atoms with Crippen molar-refractivity contribution in [2.24, 2.45) is 0 Å². The van der Waals surface area contributed by atoms with Crippen molar-refractivity contribution in [1.29, 1.82) is 0 Å². The standard InChI is InChI=1S/C21H23BrN4O2/c1-3-25(4-2)12-15-6-5-7-17(10-15)24-20(27)13-26-14-23-19-9-8-16(22)11-18(19)21(26)28/h5-11,14H,3-4,12-13H2,1-2H3,(H,24,27). The molecule has 1 heterocycles. The van der Waals surface area contributed by atoms with Gasteiger partial charge in [-0.2, -0.15) is 0 Å². The van der Waals surface area contributed by atoms with Crippen molar-refractivity contribution < 1.29 is 4.79 Å². The van der Waals surface area contributed by atoms with Gasteiger partial charge in [-0.3, -0.25) is 19.1 Å². The van der Waals surface area contributed by atoms with Gasteiger partial charge in [0.25, 0.3) is 5.56 Å². The van der Waals surface area contributed by atoms with E-state index in [9.17, 15) is 9.59 Å². The first-order chi connectivity index (χ1) is 13.5. The summed E-state index contributed by atoms with van der Waals surface area (Å²) in [5, 5.41) is 3.35. The fourth-order valence-corrected chi connectivity index (χ4v) is 3.41. The van der Waals surface area contributed by atoms with Crippen LogP contribution in [-0.4, -0.2) is 33.4 Å². The molecule has 0 bridgehead atoms. The molecule has 6 nitrogen and oxygen atoms in total. The van der Waals surface area contributed by atoms with Crippen LogP contribution in [0.15, 0.2) is 58.1 Å². The second-order valence-corrected chi connectivity index (χ2v) is 7.46. The average molecular weight is 443 g/mol. The maximum atomic E-state index is 12.6. The first-order valence-electron chi connectivity index (χ1n) is 9.26. The summed E-state index contributed by atoms with van der Waals surface area (Å²) in [5.41, 5.74) is 2.22. The van der Waals surface area contributed by atoms with Gasteiger partial charge in [0.15, 0.2) is 0 Å². The third-order valence-electron chi connectivity index (χ3n) is 4.61. The minimum absolute atomic E-state index is 0.0887. The Labute approximate surface area is 172 Å². The van der Waals surface area contributed by atoms with Crippen LogP contribution in [0.5, 0.6) is 0 Å². The molecule has 0 aliphatic heterocycles. The lowest BCUT2D eigenvalue weighted by atomic mass is 10.2. The zero-order chi connectivity index (χ0) is 20.1. The molecule has 0 saturated heterocycles. The summed E-state index contributed by atoms with van der Waals surface area (Å²) in [7, 11) is 0. The van der Waals surface area contributed by atoms with Gasteiger partial charge in [-0.15, -0.1) is 0 Å². The molecule has 1 amide bonds. The maximum Gasteiger partial charge on any atom is 0.261 e. The Bertz CT molecular complexity index is 1040. The first-order valence-corrected chi connectivity index (χ1v) is 10.0. The number of aromatic nitrogens is 2. The van der Waals surface area contributed by atoms with Gasteiger partial charge < -0.3 is 5.32 Å². The van der Waals surface area contributed by atoms with E-state index in [4.69, 9.17) is 0 Å². The number of carbonyl (C=O) groups excluding carboxylic acids is 1. The SMILES string of the molecule is CCN(CC)Cc1cccc(NC(=O)Cn2cnc3ccc(Br)cc3c2=O)c1. The van der Waals surface area contributed by atoms with Gasteiger partial charge in [-0.05, 0) is 49.0 Å². The lowest BCUT2D eigenvalue weighted by Gasteiger charge is -2.18. The predicted molar refractivity (Wildman–Crippen MR) is 115 cm³/mol. The van der Waals surface area contributed by atoms with Gasteiger partial charge in [-0.25, -0.2) is 4.98 Å². The Kier molecular flexibility index (Phi) is 6.59. The molecule has 0 radical (unpaired) electrons. The summed E-state index contributed by atoms with van der Waals surface area (Å²) < 4.78 is 2.12. The van der Waals surface area contributed by atoms with Crippen LogP contribution in [-0.2, 0) is 17.9 Å². The van der Waals surface area contributed by atoms with Crippen LogP contribution in [0.2, 0.25) is 0 Å². The van der Waals surface area contributed by atoms with Crippen molar-refractivity contribution in [3.8, 4) is 0 Å². The van der Waals surface area contributed by atoms with Crippen molar-refractivity contribution in [3.05, 3.63) is 69.2 Å². The number of anilines is 1. The van der Waals surface area contributed by atoms with Gasteiger partial charge >= 0.3 is 0 Å². The van der Waals surface area contributed by atoms with E-state index in [0.717, 1.165) is 35.4 Å². The summed E-state index contributed by atoms with van der Waals surface area (Å²) in [5.74, 6) is -0.266. The monoisotopic (exact) mass is 442 g/mol. The molecule has 28 heavy (non-hydrogen) atoms. The number of amides is 1. The zero-order valence-electron chi connectivity index (χ0n) is 16.0. The molecule has 0 unspecified atom stereocenters. The minimum atomic E-state index is -0.266. The van der Waals surface area contributed by atoms with Crippen LogP contribution >= 0.6 is 15.9 Å². The molecule has 0 aliphatic carbocycles. The lowest BCUT2D eigenvalue weighted by molar-refractivity contribution is -0.116. The number of carbonyl (C=O) groups is 1. The normalized spacial score (nSPS) is 11.1. The van der Waals surface area contributed by atoms with Crippen molar-refractivity contribution in [2.45, 2.75) is 26.9 Å². The zero-order valence-corrected chi connectivity index (χ0v) is 17.6. The van der Waals surface area contributed by atoms with Gasteiger partial charge in [0, 0.05) is 16.7 Å². The van der Waals surface area contributed by atoms with Crippen LogP contribution in [0.1, 0.15) is 19.4 Å². The molecule has 146 valence electrons. The van der Waals surface area contributed by atoms with Gasteiger partial charge in [0.05, 0.1) is 17.2 Å². The number of rotatable bonds is 7. The number of nitrogens with one attached hydrogen (secondary N) is 1. The predicted octanol–water partition coefficient (Wildman–Crippen LogP) is 3.64. The van der Waals surface area contributed by atoms with Gasteiger partial charge in [-0.1, -0.05) is 41.9 Å². The largest absolute Gasteiger partial charge is 0.325 e. The Morgan fingerprint density at radius 2 is 1.96 bits per heavy atom. The fraction of sp³-hybridized carbons (Fsp3) is 0.286. The van der Waals surface area contributed by atoms with Crippen molar-refractivity contribution >= 4 is 38.4 Å². The van der Waals surface area contributed by atoms with Crippen molar-refractivity contribution in [1.82, 2.24) is 14.5 Å². The molecule has 0 aliphatic rings. The fourth-order valence-electron chi connectivity index (χ4n) is 3.05. The molecule has 1 aromatic heterocycles. The third kappa shape index (κ3) is 4.85. The van der Waals surface area contributed by atoms with E-state index in [1.807, 2.05) is 30.3 Å². The molecule has 0 fully saturated rings. The Balaban J connectivity index is 1.73. The van der Waals surface area contributed by atoms with Crippen LogP contribution in [0.4, 0.5) is 5.69 Å². The summed E-state index contributed by atoms with van der Waals surface area (Å²) in [4.78, 5) is 31.7. The highest BCUT2D eigenvalue weighted by atomic mass is 79.9. The van der Waals surface area contributed by atoms with Gasteiger partial charge in [0.2, 0.25) is 5.91 Å². The first kappa shape index (κ1) is 20.2. The molecule has 0 spiro atoms. The molecular weight excluding hydrogens is 420 g/mol. The van der Waals surface area contributed by atoms with Crippen LogP contribution < -0.4 is 10.9 Å². The van der Waals surface area contributed by atoms with Gasteiger partial charge in [0.1, 0.15) is 6.54 Å². The van der Waals surface area contributed by atoms with E-state index in [1.165, 1.54) is 10.9 Å². The second-order valence-electron chi connectivity index (χ2n) is 6.55. The van der Waals surface area contributed by atoms with Crippen molar-refractivity contribution in [3.63, 3.8) is 0 Å². The highest BCUT2D eigenvalue weighted by Crippen LogP contribution is 2.15. The molecule has 1 N–H and O–H groups in total. The maximum absolute atomic E-state index is 12.6. The molecule has 3 aromatic rings. The highest BCUT2D eigenvalue weighted by Gasteiger charge is 2.10. The number of fused-ring (bicyclic) bond motifs is 1. The Hall–Kier alpha value is -2.51. The van der Waals surface area contributed by atoms with Crippen LogP contribution in [0.25, 0.3) is 10.9 Å². The van der Waals surface area contributed by atoms with E-state index >= 15 is 0 Å². The third-order valence-corrected chi connectivity index (χ3v) is 5.10. The quantitative estimate of drug-likeness (QED) is 0.606. The van der Waals surface area contributed by atoms with Crippen LogP contribution in [0, 0.1) is 0 Å². The summed E-state index contributed by atoms with van der Waals surface area (Å²) in [6.07, 6.45) is 1.41. The number of nitrogens with zero attached hydrogens (tertiary/aromatic N) is 3. The average Bonchev–Trinajstić information content (AvgIpc) is 2.69. The Morgan fingerprint density at radius 1 is 1.18 bits per heavy atom. The van der Waals surface area contributed by atoms with Crippen molar-refractivity contribution in [2.75, 3.05) is 18.4 Å². The minimum Gasteiger partial charge on any atom is -0.325 e. The number of benzene rings is 2. The van der Waals surface area contributed by atoms with E-state index < -0.39 is 0 Å².